The first-order chi connectivity index (χ1) is 6.63. The third-order valence-corrected chi connectivity index (χ3v) is 2.62. The number of rotatable bonds is 0. The van der Waals surface area contributed by atoms with Crippen LogP contribution in [0.5, 0.6) is 0 Å². The minimum Gasteiger partial charge on any atom is -0.444 e. The highest BCUT2D eigenvalue weighted by molar-refractivity contribution is 5.68. The molecule has 1 fully saturated rings. The molecule has 88 valence electrons. The lowest BCUT2D eigenvalue weighted by Crippen LogP contribution is -2.43. The molecule has 1 aliphatic rings. The molecule has 1 heterocycles. The van der Waals surface area contributed by atoms with Crippen molar-refractivity contribution >= 4 is 6.09 Å². The van der Waals surface area contributed by atoms with Crippen LogP contribution >= 0.6 is 0 Å². The van der Waals surface area contributed by atoms with Gasteiger partial charge in [-0.05, 0) is 27.2 Å². The number of ether oxygens (including phenoxy) is 1. The Bertz CT molecular complexity index is 255. The van der Waals surface area contributed by atoms with E-state index >= 15 is 0 Å². The highest BCUT2D eigenvalue weighted by Gasteiger charge is 2.43. The number of aliphatic hydroxyl groups is 1. The molecule has 0 saturated carbocycles. The van der Waals surface area contributed by atoms with Crippen LogP contribution in [0.1, 0.15) is 41.0 Å². The molecule has 0 bridgehead atoms. The molecule has 0 aromatic heterocycles. The fourth-order valence-corrected chi connectivity index (χ4v) is 1.59. The van der Waals surface area contributed by atoms with Crippen molar-refractivity contribution in [2.45, 2.75) is 52.9 Å². The van der Waals surface area contributed by atoms with Crippen molar-refractivity contribution in [2.75, 3.05) is 6.54 Å². The van der Waals surface area contributed by atoms with Crippen molar-refractivity contribution < 1.29 is 14.6 Å². The number of likely N-dealkylation sites (tertiary alicyclic amines) is 1. The van der Waals surface area contributed by atoms with Crippen molar-refractivity contribution in [3.05, 3.63) is 0 Å². The van der Waals surface area contributed by atoms with E-state index in [0.717, 1.165) is 6.42 Å². The third-order valence-electron chi connectivity index (χ3n) is 2.62. The summed E-state index contributed by atoms with van der Waals surface area (Å²) in [5, 5.41) is 9.91. The van der Waals surface area contributed by atoms with Crippen molar-refractivity contribution in [2.24, 2.45) is 5.41 Å². The molecule has 0 aromatic rings. The van der Waals surface area contributed by atoms with Gasteiger partial charge in [-0.15, -0.1) is 0 Å². The maximum absolute atomic E-state index is 11.7. The fraction of sp³-hybridized carbons (Fsp3) is 0.909. The van der Waals surface area contributed by atoms with Gasteiger partial charge in [0.25, 0.3) is 0 Å². The zero-order valence-corrected chi connectivity index (χ0v) is 10.2. The molecule has 0 aliphatic carbocycles. The van der Waals surface area contributed by atoms with Gasteiger partial charge in [0.1, 0.15) is 11.8 Å². The van der Waals surface area contributed by atoms with E-state index < -0.39 is 17.9 Å². The van der Waals surface area contributed by atoms with E-state index in [-0.39, 0.29) is 5.41 Å². The molecule has 0 radical (unpaired) electrons. The first kappa shape index (κ1) is 12.3. The maximum Gasteiger partial charge on any atom is 0.412 e. The van der Waals surface area contributed by atoms with Crippen molar-refractivity contribution in [3.63, 3.8) is 0 Å². The summed E-state index contributed by atoms with van der Waals surface area (Å²) >= 11 is 0. The van der Waals surface area contributed by atoms with Gasteiger partial charge in [-0.3, -0.25) is 4.90 Å². The van der Waals surface area contributed by atoms with Crippen LogP contribution in [-0.2, 0) is 4.74 Å². The van der Waals surface area contributed by atoms with Gasteiger partial charge in [-0.25, -0.2) is 4.79 Å². The van der Waals surface area contributed by atoms with Gasteiger partial charge in [0, 0.05) is 12.0 Å². The Labute approximate surface area is 91.2 Å². The van der Waals surface area contributed by atoms with E-state index in [4.69, 9.17) is 4.74 Å². The van der Waals surface area contributed by atoms with E-state index in [1.54, 1.807) is 0 Å². The van der Waals surface area contributed by atoms with Crippen LogP contribution < -0.4 is 0 Å². The maximum atomic E-state index is 11.7. The smallest absolute Gasteiger partial charge is 0.412 e. The third kappa shape index (κ3) is 2.84. The summed E-state index contributed by atoms with van der Waals surface area (Å²) in [5.41, 5.74) is -0.750. The lowest BCUT2D eigenvalue weighted by molar-refractivity contribution is -0.0431. The average molecular weight is 215 g/mol. The minimum atomic E-state index is -0.743. The molecule has 15 heavy (non-hydrogen) atoms. The number of nitrogens with zero attached hydrogens (tertiary/aromatic N) is 1. The van der Waals surface area contributed by atoms with Crippen molar-refractivity contribution in [3.8, 4) is 0 Å². The molecule has 1 unspecified atom stereocenters. The van der Waals surface area contributed by atoms with Crippen LogP contribution in [0.4, 0.5) is 4.79 Å². The second kappa shape index (κ2) is 3.67. The van der Waals surface area contributed by atoms with Crippen LogP contribution in [0.15, 0.2) is 0 Å². The molecule has 1 atom stereocenters. The summed E-state index contributed by atoms with van der Waals surface area (Å²) < 4.78 is 5.21. The predicted octanol–water partition coefficient (Wildman–Crippen LogP) is 1.97. The highest BCUT2D eigenvalue weighted by atomic mass is 16.6. The van der Waals surface area contributed by atoms with Gasteiger partial charge < -0.3 is 9.84 Å². The van der Waals surface area contributed by atoms with Crippen LogP contribution in [0, 0.1) is 5.41 Å². The first-order valence-corrected chi connectivity index (χ1v) is 5.31. The van der Waals surface area contributed by atoms with Gasteiger partial charge in [0.15, 0.2) is 0 Å². The van der Waals surface area contributed by atoms with Crippen LogP contribution in [0.2, 0.25) is 0 Å². The van der Waals surface area contributed by atoms with Crippen molar-refractivity contribution in [1.82, 2.24) is 4.90 Å². The van der Waals surface area contributed by atoms with E-state index in [0.29, 0.717) is 6.54 Å². The van der Waals surface area contributed by atoms with Crippen LogP contribution in [0.3, 0.4) is 0 Å². The second-order valence-corrected chi connectivity index (χ2v) is 5.79. The Hall–Kier alpha value is -0.770. The molecule has 0 aromatic carbocycles. The minimum absolute atomic E-state index is 0.239. The largest absolute Gasteiger partial charge is 0.444 e. The molecular formula is C11H21NO3. The molecular weight excluding hydrogens is 194 g/mol. The number of aliphatic hydroxyl groups excluding tert-OH is 1. The molecule has 1 saturated heterocycles. The monoisotopic (exact) mass is 215 g/mol. The summed E-state index contributed by atoms with van der Waals surface area (Å²) in [4.78, 5) is 13.1. The normalized spacial score (nSPS) is 25.5. The van der Waals surface area contributed by atoms with Gasteiger partial charge in [0.2, 0.25) is 0 Å². The molecule has 0 spiro atoms. The summed E-state index contributed by atoms with van der Waals surface area (Å²) in [6, 6.07) is 0. The van der Waals surface area contributed by atoms with Crippen LogP contribution in [-0.4, -0.2) is 34.5 Å². The summed E-state index contributed by atoms with van der Waals surface area (Å²) in [6.07, 6.45) is -0.374. The number of hydrogen-bond acceptors (Lipinski definition) is 3. The number of carbonyl (C=O) groups excluding carboxylic acids is 1. The lowest BCUT2D eigenvalue weighted by Gasteiger charge is -2.29. The number of hydrogen-bond donors (Lipinski definition) is 1. The first-order valence-electron chi connectivity index (χ1n) is 5.31. The topological polar surface area (TPSA) is 49.8 Å². The van der Waals surface area contributed by atoms with Gasteiger partial charge in [-0.2, -0.15) is 0 Å². The molecule has 1 aliphatic heterocycles. The Morgan fingerprint density at radius 2 is 2.00 bits per heavy atom. The standard InChI is InChI=1S/C11H21NO3/c1-10(2,3)15-9(14)12-7-6-11(4,5)8(12)13/h8,13H,6-7H2,1-5H3. The predicted molar refractivity (Wildman–Crippen MR) is 57.3 cm³/mol. The molecule has 4 nitrogen and oxygen atoms in total. The molecule has 1 amide bonds. The molecule has 1 rings (SSSR count). The average Bonchev–Trinajstić information content (AvgIpc) is 2.24. The van der Waals surface area contributed by atoms with E-state index in [2.05, 4.69) is 0 Å². The zero-order valence-electron chi connectivity index (χ0n) is 10.2. The quantitative estimate of drug-likeness (QED) is 0.672. The highest BCUT2D eigenvalue weighted by Crippen LogP contribution is 2.35. The van der Waals surface area contributed by atoms with E-state index in [1.165, 1.54) is 4.90 Å². The SMILES string of the molecule is CC(C)(C)OC(=O)N1CCC(C)(C)C1O. The summed E-state index contributed by atoms with van der Waals surface area (Å²) in [5.74, 6) is 0. The molecule has 4 heteroatoms. The van der Waals surface area contributed by atoms with Gasteiger partial charge >= 0.3 is 6.09 Å². The summed E-state index contributed by atoms with van der Waals surface area (Å²) in [7, 11) is 0. The summed E-state index contributed by atoms with van der Waals surface area (Å²) in [6.45, 7) is 9.91. The Morgan fingerprint density at radius 1 is 1.47 bits per heavy atom. The number of carbonyl (C=O) groups is 1. The zero-order chi connectivity index (χ0) is 11.9. The molecule has 1 N–H and O–H groups in total. The van der Waals surface area contributed by atoms with E-state index in [9.17, 15) is 9.90 Å². The van der Waals surface area contributed by atoms with Gasteiger partial charge in [-0.1, -0.05) is 13.8 Å². The van der Waals surface area contributed by atoms with Crippen molar-refractivity contribution in [1.29, 1.82) is 0 Å². The van der Waals surface area contributed by atoms with Gasteiger partial charge in [0.05, 0.1) is 0 Å². The Balaban J connectivity index is 2.64. The lowest BCUT2D eigenvalue weighted by atomic mass is 9.91. The van der Waals surface area contributed by atoms with Crippen LogP contribution in [0.25, 0.3) is 0 Å². The Kier molecular flexibility index (Phi) is 3.01. The number of amides is 1. The second-order valence-electron chi connectivity index (χ2n) is 5.79. The Morgan fingerprint density at radius 3 is 2.33 bits per heavy atom. The van der Waals surface area contributed by atoms with E-state index in [1.807, 2.05) is 34.6 Å². The fourth-order valence-electron chi connectivity index (χ4n) is 1.59.